The van der Waals surface area contributed by atoms with E-state index in [1.807, 2.05) is 13.8 Å². The van der Waals surface area contributed by atoms with E-state index >= 15 is 0 Å². The van der Waals surface area contributed by atoms with Crippen LogP contribution in [0.3, 0.4) is 0 Å². The first kappa shape index (κ1) is 12.0. The second-order valence-electron chi connectivity index (χ2n) is 4.44. The molecule has 15 heavy (non-hydrogen) atoms. The Labute approximate surface area is 89.8 Å². The van der Waals surface area contributed by atoms with Gasteiger partial charge in [0, 0.05) is 19.0 Å². The molecule has 86 valence electrons. The maximum atomic E-state index is 11.7. The monoisotopic (exact) mass is 213 g/mol. The molecule has 0 aromatic carbocycles. The zero-order valence-corrected chi connectivity index (χ0v) is 9.27. The standard InChI is InChI=1S/C10H19N3O2/c1-6(2)9(10(12)15)13-5-7(11)3-4-8(13)14/h6-7,9H,3-5,11H2,1-2H3,(H2,12,15)/t7-,9-/m0/s1. The van der Waals surface area contributed by atoms with Crippen molar-refractivity contribution < 1.29 is 9.59 Å². The molecule has 0 aromatic rings. The lowest BCUT2D eigenvalue weighted by atomic mass is 9.97. The summed E-state index contributed by atoms with van der Waals surface area (Å²) >= 11 is 0. The Bertz CT molecular complexity index is 265. The molecule has 2 atom stereocenters. The van der Waals surface area contributed by atoms with Crippen LogP contribution in [0, 0.1) is 5.92 Å². The summed E-state index contributed by atoms with van der Waals surface area (Å²) in [5.74, 6) is -0.446. The second kappa shape index (κ2) is 4.61. The summed E-state index contributed by atoms with van der Waals surface area (Å²) in [7, 11) is 0. The van der Waals surface area contributed by atoms with Crippen LogP contribution in [0.25, 0.3) is 0 Å². The van der Waals surface area contributed by atoms with Crippen LogP contribution in [-0.2, 0) is 9.59 Å². The van der Waals surface area contributed by atoms with E-state index in [1.54, 1.807) is 0 Å². The average Bonchev–Trinajstić information content (AvgIpc) is 2.10. The number of carbonyl (C=O) groups is 2. The predicted molar refractivity (Wildman–Crippen MR) is 56.7 cm³/mol. The van der Waals surface area contributed by atoms with E-state index in [0.29, 0.717) is 19.4 Å². The number of piperidine rings is 1. The Morgan fingerprint density at radius 1 is 1.53 bits per heavy atom. The van der Waals surface area contributed by atoms with Crippen LogP contribution in [-0.4, -0.2) is 35.3 Å². The Hall–Kier alpha value is -1.10. The topological polar surface area (TPSA) is 89.4 Å². The van der Waals surface area contributed by atoms with Crippen LogP contribution in [0.1, 0.15) is 26.7 Å². The molecule has 1 saturated heterocycles. The zero-order valence-electron chi connectivity index (χ0n) is 9.27. The first-order valence-corrected chi connectivity index (χ1v) is 5.28. The molecule has 0 radical (unpaired) electrons. The summed E-state index contributed by atoms with van der Waals surface area (Å²) in [6, 6.07) is -0.563. The quantitative estimate of drug-likeness (QED) is 0.659. The summed E-state index contributed by atoms with van der Waals surface area (Å²) in [6.07, 6.45) is 1.11. The van der Waals surface area contributed by atoms with Crippen molar-refractivity contribution in [3.8, 4) is 0 Å². The van der Waals surface area contributed by atoms with Gasteiger partial charge in [-0.05, 0) is 12.3 Å². The van der Waals surface area contributed by atoms with Crippen molar-refractivity contribution >= 4 is 11.8 Å². The van der Waals surface area contributed by atoms with Gasteiger partial charge in [-0.1, -0.05) is 13.8 Å². The number of nitrogens with two attached hydrogens (primary N) is 2. The minimum atomic E-state index is -0.524. The van der Waals surface area contributed by atoms with E-state index < -0.39 is 11.9 Å². The van der Waals surface area contributed by atoms with Gasteiger partial charge in [0.25, 0.3) is 0 Å². The highest BCUT2D eigenvalue weighted by Gasteiger charge is 2.34. The van der Waals surface area contributed by atoms with Crippen molar-refractivity contribution in [2.24, 2.45) is 17.4 Å². The molecule has 0 unspecified atom stereocenters. The highest BCUT2D eigenvalue weighted by Crippen LogP contribution is 2.18. The zero-order chi connectivity index (χ0) is 11.6. The molecule has 5 heteroatoms. The molecule has 5 nitrogen and oxygen atoms in total. The summed E-state index contributed by atoms with van der Waals surface area (Å²) < 4.78 is 0. The maximum absolute atomic E-state index is 11.7. The van der Waals surface area contributed by atoms with Crippen molar-refractivity contribution in [3.05, 3.63) is 0 Å². The molecule has 0 aliphatic carbocycles. The lowest BCUT2D eigenvalue weighted by Crippen LogP contribution is -2.56. The van der Waals surface area contributed by atoms with Crippen molar-refractivity contribution in [3.63, 3.8) is 0 Å². The van der Waals surface area contributed by atoms with Gasteiger partial charge >= 0.3 is 0 Å². The molecule has 1 heterocycles. The number of amides is 2. The average molecular weight is 213 g/mol. The molecule has 0 aromatic heterocycles. The van der Waals surface area contributed by atoms with Crippen LogP contribution >= 0.6 is 0 Å². The highest BCUT2D eigenvalue weighted by atomic mass is 16.2. The number of nitrogens with zero attached hydrogens (tertiary/aromatic N) is 1. The second-order valence-corrected chi connectivity index (χ2v) is 4.44. The van der Waals surface area contributed by atoms with Gasteiger partial charge in [0.05, 0.1) is 0 Å². The van der Waals surface area contributed by atoms with Crippen LogP contribution in [0.4, 0.5) is 0 Å². The molecule has 1 aliphatic rings. The molecule has 0 bridgehead atoms. The third-order valence-electron chi connectivity index (χ3n) is 2.74. The third-order valence-corrected chi connectivity index (χ3v) is 2.74. The predicted octanol–water partition coefficient (Wildman–Crippen LogP) is -0.554. The Kier molecular flexibility index (Phi) is 3.68. The van der Waals surface area contributed by atoms with Gasteiger partial charge in [-0.2, -0.15) is 0 Å². The lowest BCUT2D eigenvalue weighted by molar-refractivity contribution is -0.143. The first-order valence-electron chi connectivity index (χ1n) is 5.28. The van der Waals surface area contributed by atoms with Gasteiger partial charge < -0.3 is 16.4 Å². The van der Waals surface area contributed by atoms with Gasteiger partial charge in [0.1, 0.15) is 6.04 Å². The summed E-state index contributed by atoms with van der Waals surface area (Å²) in [5.41, 5.74) is 11.1. The molecular formula is C10H19N3O2. The van der Waals surface area contributed by atoms with E-state index in [1.165, 1.54) is 4.90 Å². The Morgan fingerprint density at radius 2 is 2.13 bits per heavy atom. The van der Waals surface area contributed by atoms with Crippen molar-refractivity contribution in [1.29, 1.82) is 0 Å². The van der Waals surface area contributed by atoms with E-state index in [0.717, 1.165) is 0 Å². The smallest absolute Gasteiger partial charge is 0.240 e. The number of hydrogen-bond acceptors (Lipinski definition) is 3. The molecule has 2 amide bonds. The molecule has 0 spiro atoms. The van der Waals surface area contributed by atoms with Gasteiger partial charge in [-0.25, -0.2) is 0 Å². The van der Waals surface area contributed by atoms with Crippen LogP contribution < -0.4 is 11.5 Å². The number of likely N-dealkylation sites (tertiary alicyclic amines) is 1. The first-order chi connectivity index (χ1) is 6.93. The number of primary amides is 1. The van der Waals surface area contributed by atoms with E-state index in [-0.39, 0.29) is 17.9 Å². The molecule has 4 N–H and O–H groups in total. The maximum Gasteiger partial charge on any atom is 0.240 e. The van der Waals surface area contributed by atoms with E-state index in [4.69, 9.17) is 11.5 Å². The summed E-state index contributed by atoms with van der Waals surface area (Å²) in [4.78, 5) is 24.5. The van der Waals surface area contributed by atoms with Gasteiger partial charge in [-0.3, -0.25) is 9.59 Å². The molecule has 1 rings (SSSR count). The summed E-state index contributed by atoms with van der Waals surface area (Å²) in [6.45, 7) is 4.19. The number of carbonyl (C=O) groups excluding carboxylic acids is 2. The fourth-order valence-electron chi connectivity index (χ4n) is 2.01. The Balaban J connectivity index is 2.81. The fraction of sp³-hybridized carbons (Fsp3) is 0.800. The number of hydrogen-bond donors (Lipinski definition) is 2. The van der Waals surface area contributed by atoms with E-state index in [2.05, 4.69) is 0 Å². The van der Waals surface area contributed by atoms with E-state index in [9.17, 15) is 9.59 Å². The van der Waals surface area contributed by atoms with Crippen LogP contribution in [0.2, 0.25) is 0 Å². The molecule has 1 aliphatic heterocycles. The third kappa shape index (κ3) is 2.68. The van der Waals surface area contributed by atoms with Crippen LogP contribution in [0.15, 0.2) is 0 Å². The fourth-order valence-corrected chi connectivity index (χ4v) is 2.01. The SMILES string of the molecule is CC(C)[C@@H](C(N)=O)N1C[C@@H](N)CCC1=O. The highest BCUT2D eigenvalue weighted by molar-refractivity contribution is 5.87. The normalized spacial score (nSPS) is 24.4. The van der Waals surface area contributed by atoms with Gasteiger partial charge in [0.2, 0.25) is 11.8 Å². The van der Waals surface area contributed by atoms with Crippen molar-refractivity contribution in [2.75, 3.05) is 6.54 Å². The molecule has 1 fully saturated rings. The Morgan fingerprint density at radius 3 is 2.60 bits per heavy atom. The number of rotatable bonds is 3. The minimum Gasteiger partial charge on any atom is -0.368 e. The molecule has 0 saturated carbocycles. The van der Waals surface area contributed by atoms with Gasteiger partial charge in [0.15, 0.2) is 0 Å². The van der Waals surface area contributed by atoms with Crippen molar-refractivity contribution in [1.82, 2.24) is 4.90 Å². The minimum absolute atomic E-state index is 0.0193. The largest absolute Gasteiger partial charge is 0.368 e. The summed E-state index contributed by atoms with van der Waals surface area (Å²) in [5, 5.41) is 0. The molecular weight excluding hydrogens is 194 g/mol. The lowest BCUT2D eigenvalue weighted by Gasteiger charge is -2.37. The van der Waals surface area contributed by atoms with Gasteiger partial charge in [-0.15, -0.1) is 0 Å². The van der Waals surface area contributed by atoms with Crippen LogP contribution in [0.5, 0.6) is 0 Å². The van der Waals surface area contributed by atoms with Crippen molar-refractivity contribution in [2.45, 2.75) is 38.8 Å².